The minimum absolute atomic E-state index is 0.0343. The summed E-state index contributed by atoms with van der Waals surface area (Å²) in [7, 11) is 0. The summed E-state index contributed by atoms with van der Waals surface area (Å²) in [5.74, 6) is 0.0343. The van der Waals surface area contributed by atoms with Gasteiger partial charge >= 0.3 is 0 Å². The van der Waals surface area contributed by atoms with Gasteiger partial charge in [-0.1, -0.05) is 0 Å². The molecule has 0 aliphatic rings. The Kier molecular flexibility index (Phi) is 21.3. The molecule has 19 heavy (non-hydrogen) atoms. The van der Waals surface area contributed by atoms with Crippen LogP contribution in [0.25, 0.3) is 0 Å². The summed E-state index contributed by atoms with van der Waals surface area (Å²) >= 11 is 0. The normalized spacial score (nSPS) is 9.68. The molecule has 0 aromatic rings. The van der Waals surface area contributed by atoms with Crippen molar-refractivity contribution in [1.29, 1.82) is 0 Å². The van der Waals surface area contributed by atoms with E-state index in [1.807, 2.05) is 0 Å². The summed E-state index contributed by atoms with van der Waals surface area (Å²) in [4.78, 5) is 10.3. The van der Waals surface area contributed by atoms with E-state index in [0.717, 1.165) is 58.4 Å². The van der Waals surface area contributed by atoms with Crippen LogP contribution in [0.1, 0.15) is 39.0 Å². The quantitative estimate of drug-likeness (QED) is 0.326. The molecular weight excluding hydrogens is 242 g/mol. The second-order valence-electron chi connectivity index (χ2n) is 4.37. The molecule has 116 valence electrons. The van der Waals surface area contributed by atoms with Gasteiger partial charge in [0.25, 0.3) is 0 Å². The Morgan fingerprint density at radius 1 is 0.789 bits per heavy atom. The van der Waals surface area contributed by atoms with Crippen LogP contribution in [0, 0.1) is 0 Å². The summed E-state index contributed by atoms with van der Waals surface area (Å²) in [5.41, 5.74) is 15.9. The standard InChI is InChI=1S/C7H19N3.C6H14N2O/c8-4-1-2-6-10-7-3-5-9;1-6(9)8-5-3-2-4-7/h10H,1-9H2;2-5,7H2,1H3,(H,8,9). The fourth-order valence-electron chi connectivity index (χ4n) is 1.28. The van der Waals surface area contributed by atoms with E-state index in [0.29, 0.717) is 6.54 Å². The molecule has 0 atom stereocenters. The maximum atomic E-state index is 10.3. The Hall–Kier alpha value is -0.690. The van der Waals surface area contributed by atoms with E-state index in [1.165, 1.54) is 13.3 Å². The van der Waals surface area contributed by atoms with Crippen molar-refractivity contribution < 1.29 is 4.79 Å². The molecule has 6 nitrogen and oxygen atoms in total. The first-order valence-corrected chi connectivity index (χ1v) is 7.24. The molecule has 0 aliphatic heterocycles. The average Bonchev–Trinajstić information content (AvgIpc) is 2.39. The van der Waals surface area contributed by atoms with Gasteiger partial charge in [0.15, 0.2) is 0 Å². The Labute approximate surface area is 117 Å². The van der Waals surface area contributed by atoms with Gasteiger partial charge in [-0.05, 0) is 64.8 Å². The van der Waals surface area contributed by atoms with Crippen LogP contribution in [-0.4, -0.2) is 45.2 Å². The molecule has 0 bridgehead atoms. The molecule has 0 saturated heterocycles. The van der Waals surface area contributed by atoms with E-state index < -0.39 is 0 Å². The van der Waals surface area contributed by atoms with Gasteiger partial charge in [0, 0.05) is 13.5 Å². The third-order valence-electron chi connectivity index (χ3n) is 2.37. The molecule has 0 fully saturated rings. The van der Waals surface area contributed by atoms with Gasteiger partial charge in [0.1, 0.15) is 0 Å². The lowest BCUT2D eigenvalue weighted by Crippen LogP contribution is -2.21. The number of carbonyl (C=O) groups is 1. The maximum absolute atomic E-state index is 10.3. The maximum Gasteiger partial charge on any atom is 0.216 e. The van der Waals surface area contributed by atoms with Crippen molar-refractivity contribution in [2.75, 3.05) is 39.3 Å². The largest absolute Gasteiger partial charge is 0.356 e. The SMILES string of the molecule is CC(=O)NCCCCN.NCCCCNCCCN. The van der Waals surface area contributed by atoms with Crippen molar-refractivity contribution in [1.82, 2.24) is 10.6 Å². The van der Waals surface area contributed by atoms with E-state index in [9.17, 15) is 4.79 Å². The molecule has 0 aliphatic carbocycles. The lowest BCUT2D eigenvalue weighted by molar-refractivity contribution is -0.118. The van der Waals surface area contributed by atoms with Crippen LogP contribution in [0.5, 0.6) is 0 Å². The number of nitrogens with two attached hydrogens (primary N) is 3. The molecule has 0 aromatic heterocycles. The molecule has 0 rings (SSSR count). The minimum Gasteiger partial charge on any atom is -0.356 e. The van der Waals surface area contributed by atoms with Crippen LogP contribution >= 0.6 is 0 Å². The van der Waals surface area contributed by atoms with Crippen LogP contribution in [0.3, 0.4) is 0 Å². The smallest absolute Gasteiger partial charge is 0.216 e. The molecule has 0 saturated carbocycles. The van der Waals surface area contributed by atoms with E-state index in [-0.39, 0.29) is 5.91 Å². The summed E-state index contributed by atoms with van der Waals surface area (Å²) in [6.07, 6.45) is 5.34. The predicted molar refractivity (Wildman–Crippen MR) is 81.8 cm³/mol. The summed E-state index contributed by atoms with van der Waals surface area (Å²) < 4.78 is 0. The molecule has 0 radical (unpaired) electrons. The Bertz CT molecular complexity index is 170. The molecular formula is C13H33N5O. The van der Waals surface area contributed by atoms with Crippen LogP contribution in [0.15, 0.2) is 0 Å². The highest BCUT2D eigenvalue weighted by Gasteiger charge is 1.88. The van der Waals surface area contributed by atoms with E-state index >= 15 is 0 Å². The van der Waals surface area contributed by atoms with Crippen molar-refractivity contribution in [2.45, 2.75) is 39.0 Å². The van der Waals surface area contributed by atoms with Gasteiger partial charge in [-0.3, -0.25) is 4.79 Å². The first-order chi connectivity index (χ1) is 9.18. The third-order valence-corrected chi connectivity index (χ3v) is 2.37. The predicted octanol–water partition coefficient (Wildman–Crippen LogP) is -0.475. The highest BCUT2D eigenvalue weighted by atomic mass is 16.1. The minimum atomic E-state index is 0.0343. The Balaban J connectivity index is 0. The summed E-state index contributed by atoms with van der Waals surface area (Å²) in [6, 6.07) is 0. The molecule has 1 amide bonds. The molecule has 0 heterocycles. The van der Waals surface area contributed by atoms with Crippen molar-refractivity contribution in [3.05, 3.63) is 0 Å². The van der Waals surface area contributed by atoms with E-state index in [2.05, 4.69) is 10.6 Å². The molecule has 0 spiro atoms. The van der Waals surface area contributed by atoms with Gasteiger partial charge in [0.2, 0.25) is 5.91 Å². The van der Waals surface area contributed by atoms with Crippen LogP contribution in [0.4, 0.5) is 0 Å². The number of hydrogen-bond donors (Lipinski definition) is 5. The average molecular weight is 275 g/mol. The number of hydrogen-bond acceptors (Lipinski definition) is 5. The second kappa shape index (κ2) is 19.6. The number of rotatable bonds is 11. The number of amides is 1. The van der Waals surface area contributed by atoms with Crippen LogP contribution in [0.2, 0.25) is 0 Å². The van der Waals surface area contributed by atoms with Gasteiger partial charge in [-0.2, -0.15) is 0 Å². The summed E-state index contributed by atoms with van der Waals surface area (Å²) in [6.45, 7) is 6.69. The number of nitrogens with one attached hydrogen (secondary N) is 2. The van der Waals surface area contributed by atoms with Gasteiger partial charge < -0.3 is 27.8 Å². The third kappa shape index (κ3) is 26.8. The molecule has 0 unspecified atom stereocenters. The number of unbranched alkanes of at least 4 members (excludes halogenated alkanes) is 2. The lowest BCUT2D eigenvalue weighted by atomic mass is 10.3. The number of carbonyl (C=O) groups excluding carboxylic acids is 1. The fraction of sp³-hybridized carbons (Fsp3) is 0.923. The fourth-order valence-corrected chi connectivity index (χ4v) is 1.28. The Morgan fingerprint density at radius 3 is 1.74 bits per heavy atom. The van der Waals surface area contributed by atoms with Crippen molar-refractivity contribution in [3.63, 3.8) is 0 Å². The van der Waals surface area contributed by atoms with E-state index in [4.69, 9.17) is 17.2 Å². The Morgan fingerprint density at radius 2 is 1.26 bits per heavy atom. The van der Waals surface area contributed by atoms with Crippen molar-refractivity contribution in [3.8, 4) is 0 Å². The molecule has 8 N–H and O–H groups in total. The zero-order valence-corrected chi connectivity index (χ0v) is 12.4. The van der Waals surface area contributed by atoms with Crippen LogP contribution in [-0.2, 0) is 4.79 Å². The van der Waals surface area contributed by atoms with Gasteiger partial charge in [-0.15, -0.1) is 0 Å². The lowest BCUT2D eigenvalue weighted by Gasteiger charge is -2.01. The monoisotopic (exact) mass is 275 g/mol. The second-order valence-corrected chi connectivity index (χ2v) is 4.37. The van der Waals surface area contributed by atoms with Gasteiger partial charge in [0.05, 0.1) is 0 Å². The molecule has 0 aromatic carbocycles. The summed E-state index contributed by atoms with van der Waals surface area (Å²) in [5, 5.41) is 5.97. The van der Waals surface area contributed by atoms with Gasteiger partial charge in [-0.25, -0.2) is 0 Å². The van der Waals surface area contributed by atoms with Crippen molar-refractivity contribution >= 4 is 5.91 Å². The topological polar surface area (TPSA) is 119 Å². The highest BCUT2D eigenvalue weighted by Crippen LogP contribution is 1.82. The molecule has 6 heteroatoms. The van der Waals surface area contributed by atoms with Crippen LogP contribution < -0.4 is 27.8 Å². The first kappa shape index (κ1) is 20.6. The zero-order chi connectivity index (χ0) is 14.8. The van der Waals surface area contributed by atoms with Crippen molar-refractivity contribution in [2.24, 2.45) is 17.2 Å². The van der Waals surface area contributed by atoms with E-state index in [1.54, 1.807) is 0 Å². The highest BCUT2D eigenvalue weighted by molar-refractivity contribution is 5.72. The zero-order valence-electron chi connectivity index (χ0n) is 12.4. The first-order valence-electron chi connectivity index (χ1n) is 7.24.